The molecule has 2 aromatic rings. The zero-order valence-electron chi connectivity index (χ0n) is 16.3. The molecule has 0 heterocycles. The van der Waals surface area contributed by atoms with E-state index >= 15 is 0 Å². The Morgan fingerprint density at radius 2 is 1.64 bits per heavy atom. The van der Waals surface area contributed by atoms with Gasteiger partial charge in [-0.1, -0.05) is 63.2 Å². The second kappa shape index (κ2) is 7.83. The first kappa shape index (κ1) is 19.2. The highest BCUT2D eigenvalue weighted by Crippen LogP contribution is 2.25. The number of nitrogens with zero attached hydrogens (tertiary/aromatic N) is 1. The molecule has 1 N–H and O–H groups in total. The van der Waals surface area contributed by atoms with Crippen molar-refractivity contribution in [2.45, 2.75) is 39.2 Å². The Balaban J connectivity index is 2.11. The summed E-state index contributed by atoms with van der Waals surface area (Å²) in [6.07, 6.45) is 0. The van der Waals surface area contributed by atoms with Crippen molar-refractivity contribution in [1.82, 2.24) is 10.2 Å². The van der Waals surface area contributed by atoms with Crippen molar-refractivity contribution in [1.29, 1.82) is 0 Å². The molecule has 0 radical (unpaired) electrons. The summed E-state index contributed by atoms with van der Waals surface area (Å²) in [4.78, 5) is 14.6. The molecular formula is C22H30N2O. The van der Waals surface area contributed by atoms with Crippen molar-refractivity contribution in [3.63, 3.8) is 0 Å². The maximum atomic E-state index is 12.5. The minimum atomic E-state index is -0.0174. The van der Waals surface area contributed by atoms with Gasteiger partial charge in [-0.2, -0.15) is 0 Å². The molecule has 0 spiro atoms. The van der Waals surface area contributed by atoms with Gasteiger partial charge < -0.3 is 10.2 Å². The topological polar surface area (TPSA) is 32.3 Å². The number of hydrogen-bond acceptors (Lipinski definition) is 2. The van der Waals surface area contributed by atoms with E-state index in [9.17, 15) is 4.79 Å². The highest BCUT2D eigenvalue weighted by Gasteiger charge is 2.18. The first-order valence-electron chi connectivity index (χ1n) is 8.81. The average Bonchev–Trinajstić information content (AvgIpc) is 2.54. The van der Waals surface area contributed by atoms with Gasteiger partial charge in [0.05, 0.1) is 6.04 Å². The van der Waals surface area contributed by atoms with Crippen LogP contribution in [0.2, 0.25) is 0 Å². The number of amides is 1. The van der Waals surface area contributed by atoms with Crippen LogP contribution in [0.15, 0.2) is 48.5 Å². The molecular weight excluding hydrogens is 308 g/mol. The Bertz CT molecular complexity index is 712. The molecule has 0 fully saturated rings. The second-order valence-corrected chi connectivity index (χ2v) is 7.88. The summed E-state index contributed by atoms with van der Waals surface area (Å²) in [7, 11) is 4.09. The molecule has 0 aliphatic heterocycles. The minimum Gasteiger partial charge on any atom is -0.350 e. The quantitative estimate of drug-likeness (QED) is 0.880. The largest absolute Gasteiger partial charge is 0.350 e. The van der Waals surface area contributed by atoms with Crippen LogP contribution >= 0.6 is 0 Å². The fourth-order valence-corrected chi connectivity index (χ4v) is 2.92. The lowest BCUT2D eigenvalue weighted by Crippen LogP contribution is -2.34. The summed E-state index contributed by atoms with van der Waals surface area (Å²) < 4.78 is 0. The molecule has 1 amide bonds. The smallest absolute Gasteiger partial charge is 0.251 e. The van der Waals surface area contributed by atoms with E-state index < -0.39 is 0 Å². The summed E-state index contributed by atoms with van der Waals surface area (Å²) in [5.74, 6) is -0.0174. The Morgan fingerprint density at radius 1 is 1.04 bits per heavy atom. The van der Waals surface area contributed by atoms with Crippen molar-refractivity contribution in [3.8, 4) is 0 Å². The molecule has 2 rings (SSSR count). The standard InChI is InChI=1S/C22H30N2O/c1-16-9-7-8-10-19(16)21(25)23-15-20(24(5)6)17-11-13-18(14-12-17)22(2,3)4/h7-14,20H,15H2,1-6H3,(H,23,25)/t20-/m1/s1. The zero-order chi connectivity index (χ0) is 18.6. The number of carbonyl (C=O) groups is 1. The molecule has 0 saturated heterocycles. The van der Waals surface area contributed by atoms with E-state index in [2.05, 4.69) is 55.3 Å². The van der Waals surface area contributed by atoms with Crippen LogP contribution in [-0.2, 0) is 5.41 Å². The van der Waals surface area contributed by atoms with Crippen molar-refractivity contribution >= 4 is 5.91 Å². The van der Waals surface area contributed by atoms with Crippen LogP contribution in [0.3, 0.4) is 0 Å². The van der Waals surface area contributed by atoms with E-state index in [0.29, 0.717) is 6.54 Å². The third kappa shape index (κ3) is 4.93. The van der Waals surface area contributed by atoms with Crippen molar-refractivity contribution in [2.24, 2.45) is 0 Å². The van der Waals surface area contributed by atoms with Crippen LogP contribution in [0.1, 0.15) is 53.9 Å². The fraction of sp³-hybridized carbons (Fsp3) is 0.409. The second-order valence-electron chi connectivity index (χ2n) is 7.88. The van der Waals surface area contributed by atoms with Crippen LogP contribution in [0.25, 0.3) is 0 Å². The lowest BCUT2D eigenvalue weighted by Gasteiger charge is -2.26. The van der Waals surface area contributed by atoms with Crippen molar-refractivity contribution in [2.75, 3.05) is 20.6 Å². The number of benzene rings is 2. The Morgan fingerprint density at radius 3 is 2.16 bits per heavy atom. The van der Waals surface area contributed by atoms with E-state index in [1.54, 1.807) is 0 Å². The molecule has 0 aromatic heterocycles. The predicted molar refractivity (Wildman–Crippen MR) is 105 cm³/mol. The monoisotopic (exact) mass is 338 g/mol. The number of likely N-dealkylation sites (N-methyl/N-ethyl adjacent to an activating group) is 1. The molecule has 3 heteroatoms. The van der Waals surface area contributed by atoms with Crippen molar-refractivity contribution < 1.29 is 4.79 Å². The van der Waals surface area contributed by atoms with Gasteiger partial charge in [0, 0.05) is 12.1 Å². The van der Waals surface area contributed by atoms with E-state index in [0.717, 1.165) is 11.1 Å². The Kier molecular flexibility index (Phi) is 6.02. The minimum absolute atomic E-state index is 0.0174. The summed E-state index contributed by atoms with van der Waals surface area (Å²) in [5, 5.41) is 3.08. The van der Waals surface area contributed by atoms with E-state index in [-0.39, 0.29) is 17.4 Å². The van der Waals surface area contributed by atoms with Gasteiger partial charge in [-0.25, -0.2) is 0 Å². The summed E-state index contributed by atoms with van der Waals surface area (Å²) in [5.41, 5.74) is 4.41. The van der Waals surface area contributed by atoms with Gasteiger partial charge in [-0.3, -0.25) is 4.79 Å². The van der Waals surface area contributed by atoms with Crippen LogP contribution < -0.4 is 5.32 Å². The van der Waals surface area contributed by atoms with Crippen LogP contribution in [-0.4, -0.2) is 31.4 Å². The van der Waals surface area contributed by atoms with Gasteiger partial charge in [-0.05, 0) is 49.2 Å². The molecule has 3 nitrogen and oxygen atoms in total. The van der Waals surface area contributed by atoms with Crippen LogP contribution in [0, 0.1) is 6.92 Å². The molecule has 0 unspecified atom stereocenters. The predicted octanol–water partition coefficient (Wildman–Crippen LogP) is 4.33. The number of rotatable bonds is 5. The van der Waals surface area contributed by atoms with Gasteiger partial charge in [0.1, 0.15) is 0 Å². The number of aryl methyl sites for hydroxylation is 1. The van der Waals surface area contributed by atoms with Crippen LogP contribution in [0.5, 0.6) is 0 Å². The molecule has 0 saturated carbocycles. The van der Waals surface area contributed by atoms with Crippen molar-refractivity contribution in [3.05, 3.63) is 70.8 Å². The molecule has 0 aliphatic carbocycles. The van der Waals surface area contributed by atoms with Gasteiger partial charge in [-0.15, -0.1) is 0 Å². The first-order chi connectivity index (χ1) is 11.7. The SMILES string of the molecule is Cc1ccccc1C(=O)NC[C@H](c1ccc(C(C)(C)C)cc1)N(C)C. The number of nitrogens with one attached hydrogen (secondary N) is 1. The normalized spacial score (nSPS) is 12.9. The lowest BCUT2D eigenvalue weighted by molar-refractivity contribution is 0.0941. The summed E-state index contributed by atoms with van der Waals surface area (Å²) in [6.45, 7) is 9.19. The summed E-state index contributed by atoms with van der Waals surface area (Å²) in [6, 6.07) is 16.5. The molecule has 134 valence electrons. The maximum absolute atomic E-state index is 12.5. The average molecular weight is 338 g/mol. The van der Waals surface area contributed by atoms with E-state index in [1.807, 2.05) is 45.3 Å². The summed E-state index contributed by atoms with van der Waals surface area (Å²) >= 11 is 0. The molecule has 2 aromatic carbocycles. The molecule has 1 atom stereocenters. The van der Waals surface area contributed by atoms with E-state index in [4.69, 9.17) is 0 Å². The molecule has 25 heavy (non-hydrogen) atoms. The maximum Gasteiger partial charge on any atom is 0.251 e. The van der Waals surface area contributed by atoms with Crippen LogP contribution in [0.4, 0.5) is 0 Å². The van der Waals surface area contributed by atoms with E-state index in [1.165, 1.54) is 11.1 Å². The highest BCUT2D eigenvalue weighted by molar-refractivity contribution is 5.95. The lowest BCUT2D eigenvalue weighted by atomic mass is 9.86. The Labute approximate surface area is 152 Å². The molecule has 0 bridgehead atoms. The van der Waals surface area contributed by atoms with Gasteiger partial charge in [0.2, 0.25) is 0 Å². The van der Waals surface area contributed by atoms with Gasteiger partial charge in [0.15, 0.2) is 0 Å². The fourth-order valence-electron chi connectivity index (χ4n) is 2.92. The third-order valence-corrected chi connectivity index (χ3v) is 4.63. The number of carbonyl (C=O) groups excluding carboxylic acids is 1. The highest BCUT2D eigenvalue weighted by atomic mass is 16.1. The first-order valence-corrected chi connectivity index (χ1v) is 8.81. The third-order valence-electron chi connectivity index (χ3n) is 4.63. The molecule has 0 aliphatic rings. The zero-order valence-corrected chi connectivity index (χ0v) is 16.3. The van der Waals surface area contributed by atoms with Gasteiger partial charge >= 0.3 is 0 Å². The Hall–Kier alpha value is -2.13. The van der Waals surface area contributed by atoms with Gasteiger partial charge in [0.25, 0.3) is 5.91 Å². The number of hydrogen-bond donors (Lipinski definition) is 1.